The number of aromatic nitrogens is 2. The van der Waals surface area contributed by atoms with E-state index < -0.39 is 5.97 Å². The third kappa shape index (κ3) is 2.13. The predicted octanol–water partition coefficient (Wildman–Crippen LogP) is 0.0897. The molecule has 0 unspecified atom stereocenters. The molecular formula is C6H7N3O2. The molecular weight excluding hydrogens is 146 g/mol. The van der Waals surface area contributed by atoms with Gasteiger partial charge >= 0.3 is 5.97 Å². The molecule has 1 heterocycles. The maximum atomic E-state index is 10.0. The Morgan fingerprint density at radius 1 is 1.82 bits per heavy atom. The van der Waals surface area contributed by atoms with Gasteiger partial charge in [-0.25, -0.2) is 9.78 Å². The minimum atomic E-state index is -1.01. The first-order chi connectivity index (χ1) is 5.18. The van der Waals surface area contributed by atoms with Crippen molar-refractivity contribution >= 4 is 18.0 Å². The fourth-order valence-corrected chi connectivity index (χ4v) is 0.594. The fraction of sp³-hybridized carbons (Fsp3) is 0. The maximum absolute atomic E-state index is 10.0. The van der Waals surface area contributed by atoms with Crippen molar-refractivity contribution in [3.05, 3.63) is 18.0 Å². The maximum Gasteiger partial charge on any atom is 0.328 e. The van der Waals surface area contributed by atoms with Crippen LogP contribution in [0.3, 0.4) is 0 Å². The van der Waals surface area contributed by atoms with Crippen LogP contribution in [0.5, 0.6) is 0 Å². The lowest BCUT2D eigenvalue weighted by Crippen LogP contribution is -1.87. The number of H-pyrrole nitrogens is 1. The van der Waals surface area contributed by atoms with Gasteiger partial charge in [-0.05, 0) is 6.08 Å². The van der Waals surface area contributed by atoms with E-state index in [9.17, 15) is 4.79 Å². The van der Waals surface area contributed by atoms with Crippen LogP contribution in [0.15, 0.2) is 12.3 Å². The topological polar surface area (TPSA) is 92.0 Å². The molecule has 0 spiro atoms. The standard InChI is InChI=1S/C6H7N3O2/c7-6-8-3-4(9-6)1-2-5(10)11/h1-3H,(H,10,11)(H3,7,8,9)/b2-1+. The van der Waals surface area contributed by atoms with E-state index in [4.69, 9.17) is 10.8 Å². The smallest absolute Gasteiger partial charge is 0.328 e. The number of aliphatic carboxylic acids is 1. The van der Waals surface area contributed by atoms with E-state index >= 15 is 0 Å². The van der Waals surface area contributed by atoms with Crippen molar-refractivity contribution in [3.63, 3.8) is 0 Å². The lowest BCUT2D eigenvalue weighted by molar-refractivity contribution is -0.131. The summed E-state index contributed by atoms with van der Waals surface area (Å²) in [6.07, 6.45) is 3.87. The summed E-state index contributed by atoms with van der Waals surface area (Å²) >= 11 is 0. The lowest BCUT2D eigenvalue weighted by Gasteiger charge is -1.78. The van der Waals surface area contributed by atoms with Gasteiger partial charge in [0.15, 0.2) is 5.95 Å². The number of hydrogen-bond acceptors (Lipinski definition) is 3. The fourth-order valence-electron chi connectivity index (χ4n) is 0.594. The molecule has 1 aromatic rings. The number of rotatable bonds is 2. The molecule has 5 nitrogen and oxygen atoms in total. The summed E-state index contributed by atoms with van der Waals surface area (Å²) in [5.74, 6) is -0.735. The third-order valence-corrected chi connectivity index (χ3v) is 1.01. The zero-order valence-corrected chi connectivity index (χ0v) is 5.61. The van der Waals surface area contributed by atoms with Crippen LogP contribution in [0, 0.1) is 0 Å². The summed E-state index contributed by atoms with van der Waals surface area (Å²) in [5.41, 5.74) is 5.74. The van der Waals surface area contributed by atoms with Crippen molar-refractivity contribution in [2.75, 3.05) is 5.73 Å². The second kappa shape index (κ2) is 2.87. The number of carbonyl (C=O) groups is 1. The second-order valence-corrected chi connectivity index (χ2v) is 1.88. The van der Waals surface area contributed by atoms with Gasteiger partial charge in [0.2, 0.25) is 0 Å². The van der Waals surface area contributed by atoms with E-state index in [1.807, 2.05) is 0 Å². The minimum absolute atomic E-state index is 0.273. The number of carboxylic acid groups (broad SMARTS) is 1. The van der Waals surface area contributed by atoms with Gasteiger partial charge in [-0.15, -0.1) is 0 Å². The Bertz CT molecular complexity index is 290. The molecule has 0 amide bonds. The number of nitrogen functional groups attached to an aromatic ring is 1. The summed E-state index contributed by atoms with van der Waals surface area (Å²) < 4.78 is 0. The first-order valence-electron chi connectivity index (χ1n) is 2.90. The van der Waals surface area contributed by atoms with Crippen LogP contribution in [-0.4, -0.2) is 21.0 Å². The van der Waals surface area contributed by atoms with Crippen LogP contribution in [0.25, 0.3) is 6.08 Å². The van der Waals surface area contributed by atoms with E-state index in [2.05, 4.69) is 9.97 Å². The molecule has 58 valence electrons. The summed E-state index contributed by atoms with van der Waals surface area (Å²) in [5, 5.41) is 8.23. The zero-order chi connectivity index (χ0) is 8.27. The SMILES string of the molecule is Nc1nc(/C=C/C(=O)O)c[nH]1. The second-order valence-electron chi connectivity index (χ2n) is 1.88. The number of hydrogen-bond donors (Lipinski definition) is 3. The van der Waals surface area contributed by atoms with Gasteiger partial charge in [0.25, 0.3) is 0 Å². The molecule has 0 fully saturated rings. The number of carboxylic acids is 1. The first kappa shape index (κ1) is 7.33. The van der Waals surface area contributed by atoms with Crippen molar-refractivity contribution in [1.29, 1.82) is 0 Å². The summed E-state index contributed by atoms with van der Waals surface area (Å²) in [7, 11) is 0. The van der Waals surface area contributed by atoms with Crippen LogP contribution in [0.4, 0.5) is 5.95 Å². The Hall–Kier alpha value is -1.78. The number of nitrogens with two attached hydrogens (primary N) is 1. The monoisotopic (exact) mass is 153 g/mol. The molecule has 0 aliphatic rings. The van der Waals surface area contributed by atoms with Gasteiger partial charge in [-0.3, -0.25) is 0 Å². The van der Waals surface area contributed by atoms with Crippen LogP contribution in [0.1, 0.15) is 5.69 Å². The van der Waals surface area contributed by atoms with Crippen LogP contribution in [-0.2, 0) is 4.79 Å². The van der Waals surface area contributed by atoms with E-state index in [1.165, 1.54) is 12.3 Å². The van der Waals surface area contributed by atoms with Gasteiger partial charge in [-0.1, -0.05) is 0 Å². The van der Waals surface area contributed by atoms with Crippen molar-refractivity contribution in [3.8, 4) is 0 Å². The Morgan fingerprint density at radius 2 is 2.55 bits per heavy atom. The zero-order valence-electron chi connectivity index (χ0n) is 5.61. The highest BCUT2D eigenvalue weighted by molar-refractivity contribution is 5.84. The molecule has 0 radical (unpaired) electrons. The Labute approximate surface area is 62.6 Å². The number of nitrogens with zero attached hydrogens (tertiary/aromatic N) is 1. The van der Waals surface area contributed by atoms with Gasteiger partial charge in [0.1, 0.15) is 0 Å². The summed E-state index contributed by atoms with van der Waals surface area (Å²) in [6.45, 7) is 0. The predicted molar refractivity (Wildman–Crippen MR) is 39.7 cm³/mol. The van der Waals surface area contributed by atoms with Crippen LogP contribution in [0.2, 0.25) is 0 Å². The Morgan fingerprint density at radius 3 is 3.00 bits per heavy atom. The third-order valence-electron chi connectivity index (χ3n) is 1.01. The molecule has 1 rings (SSSR count). The van der Waals surface area contributed by atoms with E-state index in [0.717, 1.165) is 6.08 Å². The van der Waals surface area contributed by atoms with Crippen LogP contribution < -0.4 is 5.73 Å². The highest BCUT2D eigenvalue weighted by Crippen LogP contribution is 1.99. The van der Waals surface area contributed by atoms with Crippen molar-refractivity contribution in [1.82, 2.24) is 9.97 Å². The molecule has 0 aliphatic heterocycles. The van der Waals surface area contributed by atoms with Gasteiger partial charge < -0.3 is 15.8 Å². The first-order valence-corrected chi connectivity index (χ1v) is 2.90. The highest BCUT2D eigenvalue weighted by atomic mass is 16.4. The van der Waals surface area contributed by atoms with Crippen molar-refractivity contribution in [2.24, 2.45) is 0 Å². The lowest BCUT2D eigenvalue weighted by atomic mass is 10.4. The molecule has 0 aliphatic carbocycles. The highest BCUT2D eigenvalue weighted by Gasteiger charge is 1.92. The van der Waals surface area contributed by atoms with Crippen LogP contribution >= 0.6 is 0 Å². The van der Waals surface area contributed by atoms with Crippen molar-refractivity contribution in [2.45, 2.75) is 0 Å². The molecule has 0 bridgehead atoms. The number of aromatic amines is 1. The van der Waals surface area contributed by atoms with Gasteiger partial charge in [0, 0.05) is 12.3 Å². The van der Waals surface area contributed by atoms with Gasteiger partial charge in [-0.2, -0.15) is 0 Å². The molecule has 11 heavy (non-hydrogen) atoms. The Kier molecular flexibility index (Phi) is 1.91. The van der Waals surface area contributed by atoms with Gasteiger partial charge in [0.05, 0.1) is 5.69 Å². The number of imidazole rings is 1. The summed E-state index contributed by atoms with van der Waals surface area (Å²) in [6, 6.07) is 0. The van der Waals surface area contributed by atoms with Crippen molar-refractivity contribution < 1.29 is 9.90 Å². The molecule has 0 atom stereocenters. The molecule has 4 N–H and O–H groups in total. The molecule has 5 heteroatoms. The summed E-state index contributed by atoms with van der Waals surface area (Å²) in [4.78, 5) is 16.4. The van der Waals surface area contributed by atoms with E-state index in [-0.39, 0.29) is 5.95 Å². The van der Waals surface area contributed by atoms with E-state index in [1.54, 1.807) is 0 Å². The molecule has 0 saturated heterocycles. The number of anilines is 1. The minimum Gasteiger partial charge on any atom is -0.478 e. The Balaban J connectivity index is 2.71. The largest absolute Gasteiger partial charge is 0.478 e. The molecule has 0 saturated carbocycles. The average molecular weight is 153 g/mol. The average Bonchev–Trinajstić information content (AvgIpc) is 2.31. The van der Waals surface area contributed by atoms with E-state index in [0.29, 0.717) is 5.69 Å². The number of nitrogens with one attached hydrogen (secondary N) is 1. The normalized spacial score (nSPS) is 10.5. The molecule has 1 aromatic heterocycles. The quantitative estimate of drug-likeness (QED) is 0.525. The molecule has 0 aromatic carbocycles.